The molecule has 0 radical (unpaired) electrons. The zero-order valence-corrected chi connectivity index (χ0v) is 13.8. The van der Waals surface area contributed by atoms with Gasteiger partial charge in [0.2, 0.25) is 0 Å². The minimum Gasteiger partial charge on any atom is -0.194 e. The van der Waals surface area contributed by atoms with E-state index in [0.717, 1.165) is 30.6 Å². The highest BCUT2D eigenvalue weighted by Crippen LogP contribution is 2.53. The molecule has 25 heavy (non-hydrogen) atoms. The molecule has 0 unspecified atom stereocenters. The summed E-state index contributed by atoms with van der Waals surface area (Å²) in [6.07, 6.45) is 3.96. The molecule has 2 aromatic carbocycles. The Hall–Kier alpha value is -2.36. The Labute approximate surface area is 144 Å². The van der Waals surface area contributed by atoms with E-state index in [1.165, 1.54) is 24.3 Å². The van der Waals surface area contributed by atoms with Crippen molar-refractivity contribution in [2.45, 2.75) is 31.6 Å². The van der Waals surface area contributed by atoms with Crippen molar-refractivity contribution >= 4 is 11.1 Å². The van der Waals surface area contributed by atoms with Crippen LogP contribution >= 0.6 is 0 Å². The zero-order chi connectivity index (χ0) is 18.1. The summed E-state index contributed by atoms with van der Waals surface area (Å²) in [5.74, 6) is -8.56. The summed E-state index contributed by atoms with van der Waals surface area (Å²) in [5, 5.41) is 0. The number of alkyl halides is 4. The highest BCUT2D eigenvalue weighted by Gasteiger charge is 2.62. The zero-order valence-electron chi connectivity index (χ0n) is 13.8. The Morgan fingerprint density at radius 3 is 1.64 bits per heavy atom. The van der Waals surface area contributed by atoms with Crippen LogP contribution in [-0.4, -0.2) is 11.8 Å². The second-order valence-corrected chi connectivity index (χ2v) is 6.12. The van der Waals surface area contributed by atoms with Gasteiger partial charge in [0.05, 0.1) is 0 Å². The van der Waals surface area contributed by atoms with Crippen molar-refractivity contribution in [2.24, 2.45) is 0 Å². The van der Waals surface area contributed by atoms with E-state index in [9.17, 15) is 17.6 Å². The lowest BCUT2D eigenvalue weighted by Crippen LogP contribution is -2.44. The number of halogens is 4. The van der Waals surface area contributed by atoms with Gasteiger partial charge in [-0.3, -0.25) is 0 Å². The molecule has 0 amide bonds. The summed E-state index contributed by atoms with van der Waals surface area (Å²) in [4.78, 5) is 0. The maximum atomic E-state index is 14.7. The highest BCUT2D eigenvalue weighted by atomic mass is 19.3. The van der Waals surface area contributed by atoms with Gasteiger partial charge in [-0.1, -0.05) is 80.1 Å². The van der Waals surface area contributed by atoms with E-state index in [2.05, 4.69) is 0 Å². The van der Waals surface area contributed by atoms with Crippen molar-refractivity contribution in [3.63, 3.8) is 0 Å². The summed E-state index contributed by atoms with van der Waals surface area (Å²) in [7, 11) is 0. The van der Waals surface area contributed by atoms with Gasteiger partial charge >= 0.3 is 11.8 Å². The molecule has 0 spiro atoms. The van der Waals surface area contributed by atoms with Gasteiger partial charge in [0.25, 0.3) is 0 Å². The van der Waals surface area contributed by atoms with Crippen molar-refractivity contribution in [1.82, 2.24) is 0 Å². The molecule has 2 aromatic rings. The minimum absolute atomic E-state index is 0.0979. The Morgan fingerprint density at radius 1 is 0.680 bits per heavy atom. The van der Waals surface area contributed by atoms with Gasteiger partial charge in [-0.15, -0.1) is 0 Å². The molecule has 0 fully saturated rings. The molecule has 1 aliphatic rings. The first-order valence-corrected chi connectivity index (χ1v) is 8.21. The number of hydrogen-bond donors (Lipinski definition) is 0. The third-order valence-corrected chi connectivity index (χ3v) is 4.38. The van der Waals surface area contributed by atoms with Crippen LogP contribution in [0, 0.1) is 0 Å². The summed E-state index contributed by atoms with van der Waals surface area (Å²) in [6.45, 7) is 2.02. The second kappa shape index (κ2) is 6.51. The van der Waals surface area contributed by atoms with Gasteiger partial charge in [0.1, 0.15) is 0 Å². The van der Waals surface area contributed by atoms with Crippen molar-refractivity contribution in [3.8, 4) is 0 Å². The van der Waals surface area contributed by atoms with E-state index in [1.54, 1.807) is 30.3 Å². The first-order chi connectivity index (χ1) is 11.9. The Bertz CT molecular complexity index is 800. The van der Waals surface area contributed by atoms with Crippen LogP contribution in [0.25, 0.3) is 11.1 Å². The molecule has 0 aromatic heterocycles. The average molecular weight is 346 g/mol. The number of hydrogen-bond acceptors (Lipinski definition) is 0. The predicted molar refractivity (Wildman–Crippen MR) is 92.7 cm³/mol. The first kappa shape index (κ1) is 17.5. The number of benzene rings is 2. The van der Waals surface area contributed by atoms with E-state index in [-0.39, 0.29) is 11.1 Å². The maximum absolute atomic E-state index is 14.7. The molecule has 4 heteroatoms. The maximum Gasteiger partial charge on any atom is 0.340 e. The largest absolute Gasteiger partial charge is 0.340 e. The van der Waals surface area contributed by atoms with E-state index in [1.807, 2.05) is 6.92 Å². The van der Waals surface area contributed by atoms with Crippen LogP contribution in [0.3, 0.4) is 0 Å². The lowest BCUT2D eigenvalue weighted by atomic mass is 9.83. The molecule has 0 bridgehead atoms. The summed E-state index contributed by atoms with van der Waals surface area (Å²) >= 11 is 0. The van der Waals surface area contributed by atoms with E-state index in [0.29, 0.717) is 0 Å². The van der Waals surface area contributed by atoms with Crippen molar-refractivity contribution in [2.75, 3.05) is 0 Å². The van der Waals surface area contributed by atoms with Crippen LogP contribution < -0.4 is 0 Å². The van der Waals surface area contributed by atoms with E-state index in [4.69, 9.17) is 0 Å². The summed E-state index contributed by atoms with van der Waals surface area (Å²) in [6, 6.07) is 14.0. The fourth-order valence-electron chi connectivity index (χ4n) is 3.03. The smallest absolute Gasteiger partial charge is 0.194 e. The molecular formula is C21H18F4. The summed E-state index contributed by atoms with van der Waals surface area (Å²) < 4.78 is 58.5. The molecule has 0 aliphatic heterocycles. The standard InChI is InChI=1S/C21H18F4/c1-2-6-15-9-11-17(12-10-15)19-14-13-18(16-7-4-3-5-8-16)20(22,23)21(19,24)25/h3-5,7-14H,2,6H2,1H3. The topological polar surface area (TPSA) is 0 Å². The normalized spacial score (nSPS) is 18.4. The SMILES string of the molecule is CCCc1ccc(C2=CC=C(c3ccccc3)C(F)(F)C2(F)F)cc1. The first-order valence-electron chi connectivity index (χ1n) is 8.21. The Morgan fingerprint density at radius 2 is 1.16 bits per heavy atom. The number of aryl methyl sites for hydroxylation is 1. The molecule has 0 heterocycles. The highest BCUT2D eigenvalue weighted by molar-refractivity contribution is 5.86. The van der Waals surface area contributed by atoms with Gasteiger partial charge in [-0.25, -0.2) is 0 Å². The van der Waals surface area contributed by atoms with E-state index >= 15 is 0 Å². The van der Waals surface area contributed by atoms with Gasteiger partial charge in [-0.05, 0) is 23.1 Å². The molecule has 0 nitrogen and oxygen atoms in total. The number of rotatable bonds is 4. The minimum atomic E-state index is -4.28. The van der Waals surface area contributed by atoms with Gasteiger partial charge in [-0.2, -0.15) is 17.6 Å². The molecule has 0 atom stereocenters. The predicted octanol–water partition coefficient (Wildman–Crippen LogP) is 6.39. The van der Waals surface area contributed by atoms with Crippen molar-refractivity contribution in [1.29, 1.82) is 0 Å². The van der Waals surface area contributed by atoms with Crippen LogP contribution in [0.2, 0.25) is 0 Å². The number of allylic oxidation sites excluding steroid dienone is 4. The molecule has 0 N–H and O–H groups in total. The molecular weight excluding hydrogens is 328 g/mol. The van der Waals surface area contributed by atoms with Crippen LogP contribution in [0.1, 0.15) is 30.0 Å². The Balaban J connectivity index is 2.05. The van der Waals surface area contributed by atoms with Crippen molar-refractivity contribution < 1.29 is 17.6 Å². The quantitative estimate of drug-likeness (QED) is 0.563. The average Bonchev–Trinajstić information content (AvgIpc) is 2.59. The Kier molecular flexibility index (Phi) is 4.55. The monoisotopic (exact) mass is 346 g/mol. The molecule has 130 valence electrons. The molecule has 3 rings (SSSR count). The fraction of sp³-hybridized carbons (Fsp3) is 0.238. The third-order valence-electron chi connectivity index (χ3n) is 4.38. The van der Waals surface area contributed by atoms with Crippen LogP contribution in [0.4, 0.5) is 17.6 Å². The van der Waals surface area contributed by atoms with Gasteiger partial charge in [0.15, 0.2) is 0 Å². The lowest BCUT2D eigenvalue weighted by molar-refractivity contribution is -0.133. The lowest BCUT2D eigenvalue weighted by Gasteiger charge is -2.33. The molecule has 1 aliphatic carbocycles. The van der Waals surface area contributed by atoms with Crippen LogP contribution in [-0.2, 0) is 6.42 Å². The van der Waals surface area contributed by atoms with Gasteiger partial charge < -0.3 is 0 Å². The van der Waals surface area contributed by atoms with Crippen LogP contribution in [0.5, 0.6) is 0 Å². The third kappa shape index (κ3) is 3.01. The van der Waals surface area contributed by atoms with Crippen molar-refractivity contribution in [3.05, 3.63) is 83.4 Å². The summed E-state index contributed by atoms with van der Waals surface area (Å²) in [5.41, 5.74) is -0.100. The van der Waals surface area contributed by atoms with Crippen LogP contribution in [0.15, 0.2) is 66.7 Å². The van der Waals surface area contributed by atoms with E-state index < -0.39 is 23.0 Å². The fourth-order valence-corrected chi connectivity index (χ4v) is 3.03. The molecule has 0 saturated heterocycles. The van der Waals surface area contributed by atoms with Gasteiger partial charge in [0, 0.05) is 11.1 Å². The second-order valence-electron chi connectivity index (χ2n) is 6.12. The molecule has 0 saturated carbocycles.